The van der Waals surface area contributed by atoms with Crippen LogP contribution < -0.4 is 0 Å². The summed E-state index contributed by atoms with van der Waals surface area (Å²) in [7, 11) is 4.98. The lowest BCUT2D eigenvalue weighted by atomic mass is 9.66. The normalized spacial score (nSPS) is 33.9. The molecule has 27 heavy (non-hydrogen) atoms. The van der Waals surface area contributed by atoms with Gasteiger partial charge in [0.2, 0.25) is 0 Å². The Morgan fingerprint density at radius 2 is 1.00 bits per heavy atom. The molecule has 3 aliphatic rings. The Kier molecular flexibility index (Phi) is 5.23. The molecule has 0 spiro atoms. The number of carbonyl (C=O) groups excluding carboxylic acids is 4. The van der Waals surface area contributed by atoms with Crippen molar-refractivity contribution in [3.63, 3.8) is 0 Å². The molecule has 0 saturated carbocycles. The third-order valence-electron chi connectivity index (χ3n) is 5.75. The van der Waals surface area contributed by atoms with Gasteiger partial charge in [0.15, 0.2) is 0 Å². The van der Waals surface area contributed by atoms with Crippen LogP contribution in [0.1, 0.15) is 12.8 Å². The molecule has 0 radical (unpaired) electrons. The molecule has 2 aliphatic heterocycles. The highest BCUT2D eigenvalue weighted by Crippen LogP contribution is 2.54. The number of carbonyl (C=O) groups is 4. The molecule has 9 nitrogen and oxygen atoms in total. The quantitative estimate of drug-likeness (QED) is 0.377. The number of esters is 4. The standard InChI is InChI=1S/C18H22O9/c1-23-15(19)9-5-7-8(6-10(9)16(20)24-2)14-12(18(22)26-4)11(13(7)27-14)17(21)25-3/h9-14H,5-6H2,1-4H3/t9?,10?,11-,12-,13-,14+/m1/s1. The summed E-state index contributed by atoms with van der Waals surface area (Å²) in [6, 6.07) is 0. The highest BCUT2D eigenvalue weighted by molar-refractivity contribution is 5.87. The van der Waals surface area contributed by atoms with Crippen molar-refractivity contribution in [3.8, 4) is 0 Å². The summed E-state index contributed by atoms with van der Waals surface area (Å²) in [6.45, 7) is 0. The van der Waals surface area contributed by atoms with Crippen LogP contribution in [0, 0.1) is 23.7 Å². The first kappa shape index (κ1) is 19.3. The molecule has 2 heterocycles. The first-order valence-electron chi connectivity index (χ1n) is 8.58. The van der Waals surface area contributed by atoms with Gasteiger partial charge in [-0.3, -0.25) is 19.2 Å². The summed E-state index contributed by atoms with van der Waals surface area (Å²) >= 11 is 0. The Labute approximate surface area is 155 Å². The van der Waals surface area contributed by atoms with Gasteiger partial charge in [0.1, 0.15) is 11.8 Å². The van der Waals surface area contributed by atoms with Gasteiger partial charge in [-0.05, 0) is 24.0 Å². The smallest absolute Gasteiger partial charge is 0.312 e. The van der Waals surface area contributed by atoms with Gasteiger partial charge in [-0.15, -0.1) is 0 Å². The largest absolute Gasteiger partial charge is 0.469 e. The highest BCUT2D eigenvalue weighted by atomic mass is 16.6. The van der Waals surface area contributed by atoms with E-state index in [1.54, 1.807) is 0 Å². The van der Waals surface area contributed by atoms with E-state index in [1.807, 2.05) is 0 Å². The highest BCUT2D eigenvalue weighted by Gasteiger charge is 2.62. The maximum atomic E-state index is 12.3. The van der Waals surface area contributed by atoms with Gasteiger partial charge in [0.05, 0.1) is 52.5 Å². The average Bonchev–Trinajstić information content (AvgIpc) is 3.26. The van der Waals surface area contributed by atoms with E-state index in [4.69, 9.17) is 23.7 Å². The van der Waals surface area contributed by atoms with E-state index < -0.39 is 59.8 Å². The Morgan fingerprint density at radius 3 is 1.30 bits per heavy atom. The molecule has 0 aromatic rings. The second kappa shape index (κ2) is 7.30. The molecule has 1 fully saturated rings. The lowest BCUT2D eigenvalue weighted by Crippen LogP contribution is -2.45. The van der Waals surface area contributed by atoms with E-state index in [1.165, 1.54) is 28.4 Å². The van der Waals surface area contributed by atoms with Gasteiger partial charge >= 0.3 is 23.9 Å². The van der Waals surface area contributed by atoms with Crippen molar-refractivity contribution >= 4 is 23.9 Å². The minimum Gasteiger partial charge on any atom is -0.469 e. The number of ether oxygens (including phenoxy) is 5. The van der Waals surface area contributed by atoms with Gasteiger partial charge in [0, 0.05) is 0 Å². The first-order valence-corrected chi connectivity index (χ1v) is 8.58. The fourth-order valence-corrected chi connectivity index (χ4v) is 4.53. The van der Waals surface area contributed by atoms with Crippen LogP contribution in [0.4, 0.5) is 0 Å². The summed E-state index contributed by atoms with van der Waals surface area (Å²) < 4.78 is 25.3. The van der Waals surface area contributed by atoms with Gasteiger partial charge in [-0.1, -0.05) is 0 Å². The number of hydrogen-bond donors (Lipinski definition) is 0. The van der Waals surface area contributed by atoms with E-state index >= 15 is 0 Å². The van der Waals surface area contributed by atoms with Crippen molar-refractivity contribution in [1.29, 1.82) is 0 Å². The zero-order valence-corrected chi connectivity index (χ0v) is 15.6. The molecule has 9 heteroatoms. The Balaban J connectivity index is 2.00. The SMILES string of the molecule is COC(=O)C1CC2=C(CC1C(=O)OC)[C@@H]1O[C@H]2[C@H](C(=O)OC)[C@H]1C(=O)OC. The van der Waals surface area contributed by atoms with E-state index in [9.17, 15) is 19.2 Å². The van der Waals surface area contributed by atoms with Crippen LogP contribution in [0.3, 0.4) is 0 Å². The third kappa shape index (κ3) is 2.90. The lowest BCUT2D eigenvalue weighted by Gasteiger charge is -2.35. The average molecular weight is 382 g/mol. The second-order valence-electron chi connectivity index (χ2n) is 6.79. The summed E-state index contributed by atoms with van der Waals surface area (Å²) in [5, 5.41) is 0. The molecule has 2 unspecified atom stereocenters. The Bertz CT molecular complexity index is 652. The molecule has 1 saturated heterocycles. The van der Waals surface area contributed by atoms with Crippen LogP contribution in [-0.4, -0.2) is 64.5 Å². The van der Waals surface area contributed by atoms with Crippen LogP contribution in [0.25, 0.3) is 0 Å². The summed E-state index contributed by atoms with van der Waals surface area (Å²) in [5.41, 5.74) is 1.51. The predicted molar refractivity (Wildman–Crippen MR) is 86.9 cm³/mol. The molecular weight excluding hydrogens is 360 g/mol. The van der Waals surface area contributed by atoms with Crippen molar-refractivity contribution in [1.82, 2.24) is 0 Å². The number of fused-ring (bicyclic) bond motifs is 4. The Hall–Kier alpha value is -2.42. The van der Waals surface area contributed by atoms with Gasteiger partial charge in [-0.25, -0.2) is 0 Å². The molecule has 0 aromatic carbocycles. The molecule has 0 aromatic heterocycles. The van der Waals surface area contributed by atoms with Gasteiger partial charge in [0.25, 0.3) is 0 Å². The van der Waals surface area contributed by atoms with Crippen LogP contribution >= 0.6 is 0 Å². The maximum Gasteiger partial charge on any atom is 0.312 e. The van der Waals surface area contributed by atoms with E-state index in [0.29, 0.717) is 0 Å². The lowest BCUT2D eigenvalue weighted by molar-refractivity contribution is -0.159. The molecule has 1 aliphatic carbocycles. The van der Waals surface area contributed by atoms with Gasteiger partial charge in [-0.2, -0.15) is 0 Å². The zero-order valence-electron chi connectivity index (χ0n) is 15.6. The molecule has 2 bridgehead atoms. The molecule has 148 valence electrons. The zero-order chi connectivity index (χ0) is 19.9. The van der Waals surface area contributed by atoms with Crippen LogP contribution in [0.5, 0.6) is 0 Å². The number of rotatable bonds is 4. The monoisotopic (exact) mass is 382 g/mol. The van der Waals surface area contributed by atoms with E-state index in [2.05, 4.69) is 0 Å². The van der Waals surface area contributed by atoms with Crippen molar-refractivity contribution in [3.05, 3.63) is 11.1 Å². The van der Waals surface area contributed by atoms with Crippen LogP contribution in [-0.2, 0) is 42.9 Å². The molecule has 0 amide bonds. The number of methoxy groups -OCH3 is 4. The van der Waals surface area contributed by atoms with E-state index in [-0.39, 0.29) is 12.8 Å². The molecular formula is C18H22O9. The summed E-state index contributed by atoms with van der Waals surface area (Å²) in [6.07, 6.45) is -0.978. The van der Waals surface area contributed by atoms with Crippen molar-refractivity contribution in [2.45, 2.75) is 25.0 Å². The Morgan fingerprint density at radius 1 is 0.667 bits per heavy atom. The first-order chi connectivity index (χ1) is 12.9. The summed E-state index contributed by atoms with van der Waals surface area (Å²) in [4.78, 5) is 49.1. The minimum absolute atomic E-state index is 0.199. The summed E-state index contributed by atoms with van der Waals surface area (Å²) in [5.74, 6) is -5.38. The van der Waals surface area contributed by atoms with Crippen molar-refractivity contribution < 1.29 is 42.9 Å². The second-order valence-corrected chi connectivity index (χ2v) is 6.79. The number of hydrogen-bond acceptors (Lipinski definition) is 9. The predicted octanol–water partition coefficient (Wildman–Crippen LogP) is 0.0146. The third-order valence-corrected chi connectivity index (χ3v) is 5.75. The molecule has 6 atom stereocenters. The minimum atomic E-state index is -0.848. The van der Waals surface area contributed by atoms with Crippen molar-refractivity contribution in [2.75, 3.05) is 28.4 Å². The fraction of sp³-hybridized carbons (Fsp3) is 0.667. The van der Waals surface area contributed by atoms with Crippen molar-refractivity contribution in [2.24, 2.45) is 23.7 Å². The van der Waals surface area contributed by atoms with Crippen LogP contribution in [0.2, 0.25) is 0 Å². The molecule has 3 rings (SSSR count). The van der Waals surface area contributed by atoms with E-state index in [0.717, 1.165) is 11.1 Å². The fourth-order valence-electron chi connectivity index (χ4n) is 4.53. The van der Waals surface area contributed by atoms with Crippen LogP contribution in [0.15, 0.2) is 11.1 Å². The topological polar surface area (TPSA) is 114 Å². The maximum absolute atomic E-state index is 12.3. The van der Waals surface area contributed by atoms with Gasteiger partial charge < -0.3 is 23.7 Å². The molecule has 0 N–H and O–H groups in total.